The fraction of sp³-hybridized carbons (Fsp3) is 0.432. The van der Waals surface area contributed by atoms with Crippen molar-refractivity contribution in [2.75, 3.05) is 89.2 Å². The molecule has 1 heterocycles. The number of carbonyl (C=O) groups is 7. The number of urea groups is 2. The number of nitrogens with zero attached hydrogens (tertiary/aromatic N) is 4. The summed E-state index contributed by atoms with van der Waals surface area (Å²) >= 11 is 0. The Bertz CT molecular complexity index is 2460. The minimum atomic E-state index is -4.23. The van der Waals surface area contributed by atoms with Crippen LogP contribution in [0, 0.1) is 23.3 Å². The van der Waals surface area contributed by atoms with Crippen molar-refractivity contribution >= 4 is 63.2 Å². The Balaban J connectivity index is 1.17. The number of carboxylic acid groups (broad SMARTS) is 3. The highest BCUT2D eigenvalue weighted by Crippen LogP contribution is 2.26. The number of anilines is 2. The van der Waals surface area contributed by atoms with Crippen LogP contribution < -0.4 is 26.0 Å². The number of carbonyl (C=O) groups excluding carboxylic acids is 4. The maximum absolute atomic E-state index is 15.3. The van der Waals surface area contributed by atoms with Gasteiger partial charge in [0.05, 0.1) is 24.5 Å². The molecule has 0 bridgehead atoms. The van der Waals surface area contributed by atoms with E-state index in [9.17, 15) is 57.3 Å². The van der Waals surface area contributed by atoms with Crippen LogP contribution in [0.2, 0.25) is 0 Å². The summed E-state index contributed by atoms with van der Waals surface area (Å²) < 4.78 is 88.3. The third kappa shape index (κ3) is 15.8. The fourth-order valence-corrected chi connectivity index (χ4v) is 8.65. The Hall–Kier alpha value is -6.90. The molecule has 1 aliphatic carbocycles. The smallest absolute Gasteiger partial charge is 0.328 e. The Kier molecular flexibility index (Phi) is 19.4. The van der Waals surface area contributed by atoms with E-state index < -0.39 is 99.3 Å². The number of hydrogen-bond acceptors (Lipinski definition) is 12. The molecule has 0 unspecified atom stereocenters. The summed E-state index contributed by atoms with van der Waals surface area (Å²) in [7, 11) is -4.23. The SMILES string of the molecule is O=C(O)CN1CCN(CC(=O)O)CCN(C(=O)Nc2ccc(NC(=O)c3c(F)c(F)c(C(=O)NCCc4ccc(S(=O)(=O)NC(=O)NC5CCCCC5)cc4)c(F)c3F)cc2)CCN(CC(=O)O)CC1. The van der Waals surface area contributed by atoms with Crippen molar-refractivity contribution in [3.8, 4) is 0 Å². The third-order valence-corrected chi connectivity index (χ3v) is 12.8. The normalized spacial score (nSPS) is 16.0. The van der Waals surface area contributed by atoms with Crippen molar-refractivity contribution in [1.29, 1.82) is 0 Å². The average molecular weight is 1010 g/mol. The second kappa shape index (κ2) is 25.1. The van der Waals surface area contributed by atoms with Crippen LogP contribution in [0.1, 0.15) is 58.4 Å². The van der Waals surface area contributed by atoms with Gasteiger partial charge in [0.2, 0.25) is 0 Å². The first-order valence-corrected chi connectivity index (χ1v) is 23.5. The van der Waals surface area contributed by atoms with Crippen molar-refractivity contribution in [2.45, 2.75) is 49.5 Å². The Labute approximate surface area is 399 Å². The Morgan fingerprint density at radius 3 is 1.46 bits per heavy atom. The molecule has 26 heteroatoms. The largest absolute Gasteiger partial charge is 0.480 e. The molecule has 1 aliphatic heterocycles. The lowest BCUT2D eigenvalue weighted by molar-refractivity contribution is -0.140. The zero-order chi connectivity index (χ0) is 51.1. The molecule has 3 aromatic rings. The second-order valence-electron chi connectivity index (χ2n) is 16.5. The van der Waals surface area contributed by atoms with Crippen LogP contribution in [-0.4, -0.2) is 170 Å². The molecule has 0 radical (unpaired) electrons. The molecule has 1 saturated heterocycles. The number of rotatable bonds is 16. The van der Waals surface area contributed by atoms with Crippen LogP contribution in [0.3, 0.4) is 0 Å². The van der Waals surface area contributed by atoms with Crippen LogP contribution >= 0.6 is 0 Å². The number of amides is 6. The van der Waals surface area contributed by atoms with Gasteiger partial charge >= 0.3 is 30.0 Å². The highest BCUT2D eigenvalue weighted by atomic mass is 32.2. The van der Waals surface area contributed by atoms with Gasteiger partial charge in [-0.3, -0.25) is 38.7 Å². The van der Waals surface area contributed by atoms with Gasteiger partial charge in [-0.1, -0.05) is 31.4 Å². The number of nitrogens with one attached hydrogen (secondary N) is 5. The van der Waals surface area contributed by atoms with Gasteiger partial charge in [-0.25, -0.2) is 40.3 Å². The summed E-state index contributed by atoms with van der Waals surface area (Å²) in [5, 5.41) is 37.7. The lowest BCUT2D eigenvalue weighted by Gasteiger charge is -2.33. The van der Waals surface area contributed by atoms with E-state index >= 15 is 17.6 Å². The van der Waals surface area contributed by atoms with Crippen molar-refractivity contribution in [3.05, 3.63) is 88.5 Å². The van der Waals surface area contributed by atoms with E-state index in [-0.39, 0.29) is 94.2 Å². The van der Waals surface area contributed by atoms with Gasteiger partial charge < -0.3 is 41.5 Å². The Morgan fingerprint density at radius 2 is 1.00 bits per heavy atom. The van der Waals surface area contributed by atoms with Crippen molar-refractivity contribution in [1.82, 2.24) is 35.0 Å². The summed E-state index contributed by atoms with van der Waals surface area (Å²) in [6.07, 6.45) is 4.33. The number of benzene rings is 3. The quantitative estimate of drug-likeness (QED) is 0.0757. The first-order chi connectivity index (χ1) is 33.2. The van der Waals surface area contributed by atoms with E-state index in [4.69, 9.17) is 0 Å². The average Bonchev–Trinajstić information content (AvgIpc) is 3.29. The van der Waals surface area contributed by atoms with Gasteiger partial charge in [-0.05, 0) is 61.2 Å². The van der Waals surface area contributed by atoms with E-state index in [1.807, 2.05) is 4.72 Å². The highest BCUT2D eigenvalue weighted by Gasteiger charge is 2.33. The first kappa shape index (κ1) is 54.0. The molecule has 8 N–H and O–H groups in total. The molecule has 0 spiro atoms. The molecule has 3 aromatic carbocycles. The van der Waals surface area contributed by atoms with Gasteiger partial charge in [0.1, 0.15) is 11.1 Å². The number of aliphatic carboxylic acids is 3. The lowest BCUT2D eigenvalue weighted by Crippen LogP contribution is -2.50. The number of carboxylic acids is 3. The molecule has 0 atom stereocenters. The molecule has 21 nitrogen and oxygen atoms in total. The molecule has 1 saturated carbocycles. The standard InChI is InChI=1S/C44H53F4N9O12S/c45-37-35(41(64)49-15-14-27-6-12-31(13-7-27)70(68,69)53-43(66)51-28-4-2-1-3-5-28)38(46)40(48)36(39(37)47)42(65)50-29-8-10-30(11-9-29)52-44(67)57-22-20-55(25-33(60)61)18-16-54(24-32(58)59)17-19-56(21-23-57)26-34(62)63/h6-13,28H,1-5,14-26H2,(H,49,64)(H,50,65)(H,52,67)(H,58,59)(H,60,61)(H,62,63)(H2,51,53,66). The van der Waals surface area contributed by atoms with E-state index in [2.05, 4.69) is 21.3 Å². The number of sulfonamides is 1. The molecule has 2 aliphatic rings. The van der Waals surface area contributed by atoms with Crippen LogP contribution in [-0.2, 0) is 30.8 Å². The minimum Gasteiger partial charge on any atom is -0.480 e. The van der Waals surface area contributed by atoms with Crippen molar-refractivity contribution < 1.29 is 74.9 Å². The topological polar surface area (TPSA) is 287 Å². The molecule has 5 rings (SSSR count). The van der Waals surface area contributed by atoms with Gasteiger partial charge in [0.25, 0.3) is 21.8 Å². The molecular formula is C44H53F4N9O12S. The lowest BCUT2D eigenvalue weighted by atomic mass is 9.96. The van der Waals surface area contributed by atoms with E-state index in [0.29, 0.717) is 5.56 Å². The molecule has 0 aromatic heterocycles. The van der Waals surface area contributed by atoms with Crippen molar-refractivity contribution in [3.63, 3.8) is 0 Å². The monoisotopic (exact) mass is 1010 g/mol. The predicted octanol–water partition coefficient (Wildman–Crippen LogP) is 2.80. The van der Waals surface area contributed by atoms with Gasteiger partial charge in [0, 0.05) is 76.3 Å². The van der Waals surface area contributed by atoms with Crippen molar-refractivity contribution in [2.24, 2.45) is 0 Å². The summed E-state index contributed by atoms with van der Waals surface area (Å²) in [5.41, 5.74) is -2.92. The zero-order valence-corrected chi connectivity index (χ0v) is 38.5. The van der Waals surface area contributed by atoms with Crippen LogP contribution in [0.25, 0.3) is 0 Å². The number of halogens is 4. The zero-order valence-electron chi connectivity index (χ0n) is 37.6. The van der Waals surface area contributed by atoms with Crippen LogP contribution in [0.5, 0.6) is 0 Å². The van der Waals surface area contributed by atoms with E-state index in [1.54, 1.807) is 4.90 Å². The van der Waals surface area contributed by atoms with Gasteiger partial charge in [-0.2, -0.15) is 0 Å². The molecular weight excluding hydrogens is 955 g/mol. The summed E-state index contributed by atoms with van der Waals surface area (Å²) in [4.78, 5) is 91.8. The maximum atomic E-state index is 15.3. The predicted molar refractivity (Wildman–Crippen MR) is 242 cm³/mol. The molecule has 2 fully saturated rings. The van der Waals surface area contributed by atoms with Crippen LogP contribution in [0.15, 0.2) is 53.4 Å². The summed E-state index contributed by atoms with van der Waals surface area (Å²) in [6, 6.07) is 8.32. The molecule has 6 amide bonds. The second-order valence-corrected chi connectivity index (χ2v) is 18.2. The highest BCUT2D eigenvalue weighted by molar-refractivity contribution is 7.90. The molecule has 380 valence electrons. The van der Waals surface area contributed by atoms with Gasteiger partial charge in [0.15, 0.2) is 23.3 Å². The Morgan fingerprint density at radius 1 is 0.571 bits per heavy atom. The minimum absolute atomic E-state index is 0.0321. The maximum Gasteiger partial charge on any atom is 0.328 e. The summed E-state index contributed by atoms with van der Waals surface area (Å²) in [6.45, 7) is -0.992. The fourth-order valence-electron chi connectivity index (χ4n) is 7.74. The third-order valence-electron chi connectivity index (χ3n) is 11.4. The summed E-state index contributed by atoms with van der Waals surface area (Å²) in [5.74, 6) is -15.3. The number of hydrogen-bond donors (Lipinski definition) is 8. The van der Waals surface area contributed by atoms with Crippen LogP contribution in [0.4, 0.5) is 38.5 Å². The molecule has 70 heavy (non-hydrogen) atoms. The van der Waals surface area contributed by atoms with Gasteiger partial charge in [-0.15, -0.1) is 0 Å². The van der Waals surface area contributed by atoms with E-state index in [1.165, 1.54) is 63.2 Å². The first-order valence-electron chi connectivity index (χ1n) is 22.1. The van der Waals surface area contributed by atoms with E-state index in [0.717, 1.165) is 32.1 Å².